The highest BCUT2D eigenvalue weighted by molar-refractivity contribution is 8.00. The van der Waals surface area contributed by atoms with Gasteiger partial charge in [0.1, 0.15) is 0 Å². The molecular formula is C15H27N3S2. The van der Waals surface area contributed by atoms with Crippen LogP contribution in [0.4, 0.5) is 5.13 Å². The summed E-state index contributed by atoms with van der Waals surface area (Å²) >= 11 is 3.87. The number of hydrogen-bond donors (Lipinski definition) is 1. The first-order valence-electron chi connectivity index (χ1n) is 7.68. The molecule has 0 radical (unpaired) electrons. The summed E-state index contributed by atoms with van der Waals surface area (Å²) in [5, 5.41) is 4.81. The third-order valence-electron chi connectivity index (χ3n) is 4.27. The van der Waals surface area contributed by atoms with E-state index in [2.05, 4.69) is 35.3 Å². The largest absolute Gasteiger partial charge is 0.349 e. The van der Waals surface area contributed by atoms with E-state index >= 15 is 0 Å². The Balaban J connectivity index is 1.82. The smallest absolute Gasteiger partial charge is 0.185 e. The molecule has 1 fully saturated rings. The highest BCUT2D eigenvalue weighted by Crippen LogP contribution is 2.39. The Labute approximate surface area is 131 Å². The van der Waals surface area contributed by atoms with Crippen molar-refractivity contribution in [3.8, 4) is 0 Å². The number of aromatic nitrogens is 1. The molecule has 5 heteroatoms. The third-order valence-corrected chi connectivity index (χ3v) is 6.75. The minimum atomic E-state index is 0.492. The summed E-state index contributed by atoms with van der Waals surface area (Å²) in [5.74, 6) is 0. The van der Waals surface area contributed by atoms with Gasteiger partial charge in [-0.1, -0.05) is 12.8 Å². The number of hydrogen-bond acceptors (Lipinski definition) is 5. The van der Waals surface area contributed by atoms with Crippen LogP contribution in [0.2, 0.25) is 0 Å². The Kier molecular flexibility index (Phi) is 6.18. The number of nitrogens with zero attached hydrogens (tertiary/aromatic N) is 2. The number of nitrogens with one attached hydrogen (secondary N) is 1. The molecule has 1 saturated carbocycles. The van der Waals surface area contributed by atoms with Gasteiger partial charge in [-0.3, -0.25) is 0 Å². The standard InChI is InChI=1S/C15H27N3S2/c1-4-18(5-2)14-17-11-13(20-14)10-16-12-15(19-3)8-6-7-9-15/h11,16H,4-10,12H2,1-3H3. The first-order valence-corrected chi connectivity index (χ1v) is 9.72. The molecule has 3 nitrogen and oxygen atoms in total. The third kappa shape index (κ3) is 3.89. The van der Waals surface area contributed by atoms with Crippen molar-refractivity contribution in [2.45, 2.75) is 50.8 Å². The summed E-state index contributed by atoms with van der Waals surface area (Å²) in [6.07, 6.45) is 9.83. The fraction of sp³-hybridized carbons (Fsp3) is 0.800. The molecule has 114 valence electrons. The van der Waals surface area contributed by atoms with Crippen molar-refractivity contribution in [2.75, 3.05) is 30.8 Å². The van der Waals surface area contributed by atoms with Crippen molar-refractivity contribution in [3.63, 3.8) is 0 Å². The second-order valence-electron chi connectivity index (χ2n) is 5.48. The maximum absolute atomic E-state index is 4.55. The monoisotopic (exact) mass is 313 g/mol. The van der Waals surface area contributed by atoms with E-state index in [1.54, 1.807) is 0 Å². The Hall–Kier alpha value is -0.260. The van der Waals surface area contributed by atoms with Gasteiger partial charge in [0, 0.05) is 42.0 Å². The second kappa shape index (κ2) is 7.66. The lowest BCUT2D eigenvalue weighted by atomic mass is 10.1. The molecule has 1 aromatic rings. The van der Waals surface area contributed by atoms with E-state index in [0.29, 0.717) is 4.75 Å². The molecular weight excluding hydrogens is 286 g/mol. The number of thioether (sulfide) groups is 1. The number of rotatable bonds is 8. The Morgan fingerprint density at radius 1 is 1.35 bits per heavy atom. The van der Waals surface area contributed by atoms with E-state index in [9.17, 15) is 0 Å². The topological polar surface area (TPSA) is 28.2 Å². The Morgan fingerprint density at radius 2 is 2.05 bits per heavy atom. The first kappa shape index (κ1) is 16.1. The predicted octanol–water partition coefficient (Wildman–Crippen LogP) is 3.75. The number of anilines is 1. The number of thiazole rings is 1. The molecule has 0 aromatic carbocycles. The summed E-state index contributed by atoms with van der Waals surface area (Å²) in [7, 11) is 0. The highest BCUT2D eigenvalue weighted by Gasteiger charge is 2.32. The average Bonchev–Trinajstić information content (AvgIpc) is 3.11. The second-order valence-corrected chi connectivity index (χ2v) is 7.85. The van der Waals surface area contributed by atoms with Crippen LogP contribution in [0.3, 0.4) is 0 Å². The molecule has 0 amide bonds. The molecule has 2 rings (SSSR count). The zero-order chi connectivity index (χ0) is 14.4. The minimum Gasteiger partial charge on any atom is -0.349 e. The van der Waals surface area contributed by atoms with Gasteiger partial charge in [0.25, 0.3) is 0 Å². The van der Waals surface area contributed by atoms with Crippen LogP contribution in [0.1, 0.15) is 44.4 Å². The lowest BCUT2D eigenvalue weighted by molar-refractivity contribution is 0.535. The fourth-order valence-corrected chi connectivity index (χ4v) is 4.86. The Morgan fingerprint density at radius 3 is 2.65 bits per heavy atom. The first-order chi connectivity index (χ1) is 9.73. The van der Waals surface area contributed by atoms with E-state index in [-0.39, 0.29) is 0 Å². The minimum absolute atomic E-state index is 0.492. The van der Waals surface area contributed by atoms with Crippen LogP contribution in [-0.4, -0.2) is 35.6 Å². The molecule has 0 aliphatic heterocycles. The molecule has 1 aliphatic carbocycles. The van der Waals surface area contributed by atoms with E-state index in [1.165, 1.54) is 30.6 Å². The molecule has 20 heavy (non-hydrogen) atoms. The van der Waals surface area contributed by atoms with Crippen molar-refractivity contribution in [1.29, 1.82) is 0 Å². The summed E-state index contributed by atoms with van der Waals surface area (Å²) in [4.78, 5) is 8.21. The molecule has 0 atom stereocenters. The Bertz CT molecular complexity index is 396. The SMILES string of the molecule is CCN(CC)c1ncc(CNCC2(SC)CCCC2)s1. The molecule has 1 N–H and O–H groups in total. The summed E-state index contributed by atoms with van der Waals surface area (Å²) < 4.78 is 0.492. The highest BCUT2D eigenvalue weighted by atomic mass is 32.2. The van der Waals surface area contributed by atoms with Gasteiger partial charge >= 0.3 is 0 Å². The summed E-state index contributed by atoms with van der Waals surface area (Å²) in [6, 6.07) is 0. The van der Waals surface area contributed by atoms with Crippen molar-refractivity contribution in [2.24, 2.45) is 0 Å². The van der Waals surface area contributed by atoms with Crippen LogP contribution in [0.5, 0.6) is 0 Å². The van der Waals surface area contributed by atoms with Gasteiger partial charge in [-0.05, 0) is 32.9 Å². The van der Waals surface area contributed by atoms with Gasteiger partial charge in [0.15, 0.2) is 5.13 Å². The van der Waals surface area contributed by atoms with E-state index in [0.717, 1.165) is 31.3 Å². The molecule has 1 aromatic heterocycles. The van der Waals surface area contributed by atoms with Crippen LogP contribution < -0.4 is 10.2 Å². The van der Waals surface area contributed by atoms with Crippen molar-refractivity contribution >= 4 is 28.2 Å². The maximum Gasteiger partial charge on any atom is 0.185 e. The van der Waals surface area contributed by atoms with Crippen molar-refractivity contribution < 1.29 is 0 Å². The van der Waals surface area contributed by atoms with Crippen LogP contribution in [0, 0.1) is 0 Å². The van der Waals surface area contributed by atoms with Gasteiger partial charge in [0.05, 0.1) is 0 Å². The lowest BCUT2D eigenvalue weighted by Gasteiger charge is -2.26. The van der Waals surface area contributed by atoms with Gasteiger partial charge in [0.2, 0.25) is 0 Å². The van der Waals surface area contributed by atoms with Gasteiger partial charge in [-0.25, -0.2) is 4.98 Å². The average molecular weight is 314 g/mol. The zero-order valence-electron chi connectivity index (χ0n) is 12.9. The zero-order valence-corrected chi connectivity index (χ0v) is 14.6. The van der Waals surface area contributed by atoms with Crippen LogP contribution in [-0.2, 0) is 6.54 Å². The fourth-order valence-electron chi connectivity index (χ4n) is 2.91. The van der Waals surface area contributed by atoms with E-state index in [1.807, 2.05) is 29.3 Å². The normalized spacial score (nSPS) is 17.6. The molecule has 1 heterocycles. The predicted molar refractivity (Wildman–Crippen MR) is 92.1 cm³/mol. The van der Waals surface area contributed by atoms with E-state index < -0.39 is 0 Å². The summed E-state index contributed by atoms with van der Waals surface area (Å²) in [5.41, 5.74) is 0. The van der Waals surface area contributed by atoms with Gasteiger partial charge in [-0.15, -0.1) is 11.3 Å². The molecule has 0 unspecified atom stereocenters. The van der Waals surface area contributed by atoms with Crippen LogP contribution in [0.25, 0.3) is 0 Å². The maximum atomic E-state index is 4.55. The van der Waals surface area contributed by atoms with Crippen molar-refractivity contribution in [1.82, 2.24) is 10.3 Å². The van der Waals surface area contributed by atoms with Gasteiger partial charge in [-0.2, -0.15) is 11.8 Å². The molecule has 0 spiro atoms. The van der Waals surface area contributed by atoms with Gasteiger partial charge < -0.3 is 10.2 Å². The molecule has 0 bridgehead atoms. The van der Waals surface area contributed by atoms with Crippen LogP contribution >= 0.6 is 23.1 Å². The van der Waals surface area contributed by atoms with Crippen LogP contribution in [0.15, 0.2) is 6.20 Å². The lowest BCUT2D eigenvalue weighted by Crippen LogP contribution is -2.34. The molecule has 0 saturated heterocycles. The quantitative estimate of drug-likeness (QED) is 0.791. The van der Waals surface area contributed by atoms with Crippen molar-refractivity contribution in [3.05, 3.63) is 11.1 Å². The summed E-state index contributed by atoms with van der Waals surface area (Å²) in [6.45, 7) is 8.53. The van der Waals surface area contributed by atoms with E-state index in [4.69, 9.17) is 0 Å². The molecule has 1 aliphatic rings.